The first-order valence-electron chi connectivity index (χ1n) is 7.43. The number of methoxy groups -OCH3 is 1. The summed E-state index contributed by atoms with van der Waals surface area (Å²) in [5.74, 6) is 1.87. The summed E-state index contributed by atoms with van der Waals surface area (Å²) in [5, 5.41) is 4.20. The Bertz CT molecular complexity index is 643. The van der Waals surface area contributed by atoms with Crippen LogP contribution in [0.1, 0.15) is 17.4 Å². The Morgan fingerprint density at radius 1 is 1.45 bits per heavy atom. The van der Waals surface area contributed by atoms with E-state index in [0.717, 1.165) is 48.3 Å². The molecule has 0 radical (unpaired) electrons. The monoisotopic (exact) mass is 320 g/mol. The van der Waals surface area contributed by atoms with Crippen molar-refractivity contribution < 1.29 is 4.74 Å². The maximum absolute atomic E-state index is 6.39. The molecule has 2 heterocycles. The van der Waals surface area contributed by atoms with Crippen molar-refractivity contribution in [2.24, 2.45) is 7.05 Å². The standard InChI is InChI=1S/C16H21ClN4O/c1-20-7-6-19-16(20)15-10-18-5-8-21(15)11-12-3-4-13(22-2)9-14(12)17/h3-4,6-7,9,15,18H,5,8,10-11H2,1-2H3. The first kappa shape index (κ1) is 15.3. The van der Waals surface area contributed by atoms with E-state index >= 15 is 0 Å². The largest absolute Gasteiger partial charge is 0.497 e. The lowest BCUT2D eigenvalue weighted by molar-refractivity contribution is 0.145. The van der Waals surface area contributed by atoms with Gasteiger partial charge in [0.05, 0.1) is 13.2 Å². The minimum Gasteiger partial charge on any atom is -0.497 e. The molecule has 1 saturated heterocycles. The van der Waals surface area contributed by atoms with Gasteiger partial charge in [-0.3, -0.25) is 4.90 Å². The molecule has 0 bridgehead atoms. The average Bonchev–Trinajstić information content (AvgIpc) is 2.96. The normalized spacial score (nSPS) is 19.3. The van der Waals surface area contributed by atoms with Crippen LogP contribution in [0.25, 0.3) is 0 Å². The third kappa shape index (κ3) is 3.11. The molecular weight excluding hydrogens is 300 g/mol. The van der Waals surface area contributed by atoms with Crippen LogP contribution in [0.2, 0.25) is 5.02 Å². The quantitative estimate of drug-likeness (QED) is 0.938. The lowest BCUT2D eigenvalue weighted by Gasteiger charge is -2.35. The van der Waals surface area contributed by atoms with Crippen molar-refractivity contribution >= 4 is 11.6 Å². The number of aromatic nitrogens is 2. The minimum absolute atomic E-state index is 0.256. The smallest absolute Gasteiger partial charge is 0.127 e. The van der Waals surface area contributed by atoms with Gasteiger partial charge < -0.3 is 14.6 Å². The summed E-state index contributed by atoms with van der Waals surface area (Å²) in [7, 11) is 3.69. The molecule has 1 atom stereocenters. The van der Waals surface area contributed by atoms with Gasteiger partial charge >= 0.3 is 0 Å². The van der Waals surface area contributed by atoms with Gasteiger partial charge in [0.25, 0.3) is 0 Å². The lowest BCUT2D eigenvalue weighted by Crippen LogP contribution is -2.46. The number of benzene rings is 1. The molecule has 3 rings (SSSR count). The van der Waals surface area contributed by atoms with Crippen LogP contribution in [0.4, 0.5) is 0 Å². The Kier molecular flexibility index (Phi) is 4.66. The van der Waals surface area contributed by atoms with E-state index in [0.29, 0.717) is 0 Å². The molecule has 1 N–H and O–H groups in total. The van der Waals surface area contributed by atoms with E-state index in [2.05, 4.69) is 19.8 Å². The second-order valence-corrected chi connectivity index (χ2v) is 5.95. The highest BCUT2D eigenvalue weighted by atomic mass is 35.5. The van der Waals surface area contributed by atoms with Crippen LogP contribution in [0, 0.1) is 0 Å². The summed E-state index contributed by atoms with van der Waals surface area (Å²) in [4.78, 5) is 6.93. The fourth-order valence-electron chi connectivity index (χ4n) is 2.89. The highest BCUT2D eigenvalue weighted by Crippen LogP contribution is 2.27. The molecule has 0 saturated carbocycles. The Morgan fingerprint density at radius 3 is 3.00 bits per heavy atom. The number of nitrogens with zero attached hydrogens (tertiary/aromatic N) is 3. The van der Waals surface area contributed by atoms with E-state index in [4.69, 9.17) is 16.3 Å². The van der Waals surface area contributed by atoms with Crippen molar-refractivity contribution in [3.63, 3.8) is 0 Å². The maximum atomic E-state index is 6.39. The zero-order chi connectivity index (χ0) is 15.5. The Balaban J connectivity index is 1.81. The van der Waals surface area contributed by atoms with Crippen LogP contribution in [0.3, 0.4) is 0 Å². The van der Waals surface area contributed by atoms with Gasteiger partial charge in [-0.2, -0.15) is 0 Å². The summed E-state index contributed by atoms with van der Waals surface area (Å²) in [6, 6.07) is 6.12. The van der Waals surface area contributed by atoms with Crippen LogP contribution in [-0.2, 0) is 13.6 Å². The molecule has 1 aromatic carbocycles. The predicted molar refractivity (Wildman–Crippen MR) is 87.2 cm³/mol. The molecular formula is C16H21ClN4O. The predicted octanol–water partition coefficient (Wildman–Crippen LogP) is 2.23. The maximum Gasteiger partial charge on any atom is 0.127 e. The molecule has 1 aromatic heterocycles. The van der Waals surface area contributed by atoms with E-state index in [1.165, 1.54) is 0 Å². The number of rotatable bonds is 4. The number of hydrogen-bond donors (Lipinski definition) is 1. The van der Waals surface area contributed by atoms with Crippen LogP contribution >= 0.6 is 11.6 Å². The van der Waals surface area contributed by atoms with Gasteiger partial charge in [-0.15, -0.1) is 0 Å². The van der Waals surface area contributed by atoms with Gasteiger partial charge in [0, 0.05) is 50.6 Å². The van der Waals surface area contributed by atoms with E-state index in [9.17, 15) is 0 Å². The fourth-order valence-corrected chi connectivity index (χ4v) is 3.12. The summed E-state index contributed by atoms with van der Waals surface area (Å²) >= 11 is 6.39. The number of ether oxygens (including phenoxy) is 1. The van der Waals surface area contributed by atoms with Crippen molar-refractivity contribution in [2.45, 2.75) is 12.6 Å². The highest BCUT2D eigenvalue weighted by molar-refractivity contribution is 6.31. The van der Waals surface area contributed by atoms with Crippen molar-refractivity contribution in [3.05, 3.63) is 47.0 Å². The number of imidazole rings is 1. The Hall–Kier alpha value is -1.56. The third-order valence-corrected chi connectivity index (χ3v) is 4.50. The van der Waals surface area contributed by atoms with E-state index < -0.39 is 0 Å². The number of nitrogens with one attached hydrogen (secondary N) is 1. The number of aryl methyl sites for hydroxylation is 1. The SMILES string of the molecule is COc1ccc(CN2CCNCC2c2nccn2C)c(Cl)c1. The lowest BCUT2D eigenvalue weighted by atomic mass is 10.1. The van der Waals surface area contributed by atoms with Crippen LogP contribution in [-0.4, -0.2) is 41.2 Å². The summed E-state index contributed by atoms with van der Waals surface area (Å²) < 4.78 is 7.30. The summed E-state index contributed by atoms with van der Waals surface area (Å²) in [6.07, 6.45) is 3.84. The molecule has 0 spiro atoms. The number of piperazine rings is 1. The van der Waals surface area contributed by atoms with Crippen LogP contribution < -0.4 is 10.1 Å². The minimum atomic E-state index is 0.256. The van der Waals surface area contributed by atoms with Crippen LogP contribution in [0.15, 0.2) is 30.6 Å². The van der Waals surface area contributed by atoms with Crippen molar-refractivity contribution in [3.8, 4) is 5.75 Å². The second-order valence-electron chi connectivity index (χ2n) is 5.54. The summed E-state index contributed by atoms with van der Waals surface area (Å²) in [5.41, 5.74) is 1.11. The first-order chi connectivity index (χ1) is 10.7. The van der Waals surface area contributed by atoms with Gasteiger partial charge in [-0.1, -0.05) is 17.7 Å². The molecule has 1 unspecified atom stereocenters. The Morgan fingerprint density at radius 2 is 2.32 bits per heavy atom. The van der Waals surface area contributed by atoms with E-state index in [1.807, 2.05) is 37.6 Å². The third-order valence-electron chi connectivity index (χ3n) is 4.14. The molecule has 118 valence electrons. The van der Waals surface area contributed by atoms with Gasteiger partial charge in [0.1, 0.15) is 11.6 Å². The Labute approximate surface area is 135 Å². The fraction of sp³-hybridized carbons (Fsp3) is 0.438. The van der Waals surface area contributed by atoms with Gasteiger partial charge in [0.2, 0.25) is 0 Å². The zero-order valence-corrected chi connectivity index (χ0v) is 13.7. The van der Waals surface area contributed by atoms with Crippen LogP contribution in [0.5, 0.6) is 5.75 Å². The van der Waals surface area contributed by atoms with Gasteiger partial charge in [-0.05, 0) is 17.7 Å². The van der Waals surface area contributed by atoms with Crippen molar-refractivity contribution in [2.75, 3.05) is 26.7 Å². The molecule has 0 amide bonds. The zero-order valence-electron chi connectivity index (χ0n) is 12.9. The van der Waals surface area contributed by atoms with Gasteiger partial charge in [0.15, 0.2) is 0 Å². The van der Waals surface area contributed by atoms with E-state index in [1.54, 1.807) is 7.11 Å². The molecule has 6 heteroatoms. The second kappa shape index (κ2) is 6.69. The molecule has 5 nitrogen and oxygen atoms in total. The number of hydrogen-bond acceptors (Lipinski definition) is 4. The summed E-state index contributed by atoms with van der Waals surface area (Å²) in [6.45, 7) is 3.66. The highest BCUT2D eigenvalue weighted by Gasteiger charge is 2.27. The number of halogens is 1. The first-order valence-corrected chi connectivity index (χ1v) is 7.81. The molecule has 2 aromatic rings. The van der Waals surface area contributed by atoms with Gasteiger partial charge in [-0.25, -0.2) is 4.98 Å². The molecule has 0 aliphatic carbocycles. The molecule has 1 fully saturated rings. The molecule has 1 aliphatic heterocycles. The van der Waals surface area contributed by atoms with Crippen molar-refractivity contribution in [1.82, 2.24) is 19.8 Å². The van der Waals surface area contributed by atoms with E-state index in [-0.39, 0.29) is 6.04 Å². The molecule has 1 aliphatic rings. The molecule has 22 heavy (non-hydrogen) atoms. The average molecular weight is 321 g/mol. The topological polar surface area (TPSA) is 42.3 Å². The van der Waals surface area contributed by atoms with Crippen molar-refractivity contribution in [1.29, 1.82) is 0 Å².